The van der Waals surface area contributed by atoms with E-state index in [2.05, 4.69) is 47.3 Å². The summed E-state index contributed by atoms with van der Waals surface area (Å²) in [7, 11) is -2.32. The number of sulfonamides is 1. The second-order valence-electron chi connectivity index (χ2n) is 12.0. The van der Waals surface area contributed by atoms with Gasteiger partial charge in [-0.2, -0.15) is 4.98 Å². The quantitative estimate of drug-likeness (QED) is 0.274. The van der Waals surface area contributed by atoms with Crippen molar-refractivity contribution in [2.24, 2.45) is 11.8 Å². The molecule has 7 rings (SSSR count). The topological polar surface area (TPSA) is 112 Å². The van der Waals surface area contributed by atoms with Crippen LogP contribution in [0.3, 0.4) is 0 Å². The van der Waals surface area contributed by atoms with Gasteiger partial charge < -0.3 is 25.2 Å². The lowest BCUT2D eigenvalue weighted by Gasteiger charge is -2.41. The number of aromatic nitrogens is 2. The van der Waals surface area contributed by atoms with Gasteiger partial charge in [-0.25, -0.2) is 18.1 Å². The first-order valence-corrected chi connectivity index (χ1v) is 17.1. The molecule has 2 saturated heterocycles. The van der Waals surface area contributed by atoms with Crippen LogP contribution < -0.4 is 25.0 Å². The number of piperidine rings is 2. The lowest BCUT2D eigenvalue weighted by molar-refractivity contribution is 0.141. The standard InChI is InChI=1S/C31H38ClN7O3S/c1-33-43(40,41)28-8-4-3-7-26(28)35-30-24(32)19-34-31(37-30)36-25-10-9-21(17-27(25)42-29-22-18-23(22)29)39-15-11-20(12-16-39)38-13-5-2-6-14-38/h3-4,7-10,17,19-20,22-23,29,33H,2,5-6,11-16,18H2,1H3,(H2,34,35,36,37). The molecule has 0 radical (unpaired) electrons. The summed E-state index contributed by atoms with van der Waals surface area (Å²) in [5, 5.41) is 6.66. The van der Waals surface area contributed by atoms with Gasteiger partial charge in [0.25, 0.3) is 0 Å². The number of likely N-dealkylation sites (tertiary alicyclic amines) is 1. The molecule has 4 aliphatic rings. The minimum Gasteiger partial charge on any atom is -0.488 e. The molecule has 10 nitrogen and oxygen atoms in total. The second kappa shape index (κ2) is 11.8. The van der Waals surface area contributed by atoms with E-state index >= 15 is 0 Å². The maximum absolute atomic E-state index is 12.5. The summed E-state index contributed by atoms with van der Waals surface area (Å²) in [5.41, 5.74) is 2.31. The number of halogens is 1. The number of para-hydroxylation sites is 1. The zero-order valence-corrected chi connectivity index (χ0v) is 25.9. The molecule has 4 fully saturated rings. The van der Waals surface area contributed by atoms with Crippen molar-refractivity contribution in [1.82, 2.24) is 19.6 Å². The van der Waals surface area contributed by atoms with Crippen LogP contribution in [0.2, 0.25) is 5.02 Å². The molecule has 2 aromatic carbocycles. The average Bonchev–Trinajstić information content (AvgIpc) is 3.96. The summed E-state index contributed by atoms with van der Waals surface area (Å²) >= 11 is 6.43. The molecule has 3 aromatic rings. The van der Waals surface area contributed by atoms with Crippen molar-refractivity contribution in [3.05, 3.63) is 53.7 Å². The first-order valence-electron chi connectivity index (χ1n) is 15.3. The smallest absolute Gasteiger partial charge is 0.242 e. The Morgan fingerprint density at radius 3 is 2.44 bits per heavy atom. The van der Waals surface area contributed by atoms with Crippen LogP contribution in [0.4, 0.5) is 28.8 Å². The van der Waals surface area contributed by atoms with E-state index in [1.807, 2.05) is 6.07 Å². The Morgan fingerprint density at radius 2 is 1.72 bits per heavy atom. The van der Waals surface area contributed by atoms with E-state index in [1.165, 1.54) is 76.6 Å². The molecule has 0 spiro atoms. The van der Waals surface area contributed by atoms with Gasteiger partial charge in [-0.05, 0) is 76.5 Å². The van der Waals surface area contributed by atoms with Crippen molar-refractivity contribution in [3.8, 4) is 5.75 Å². The van der Waals surface area contributed by atoms with E-state index in [4.69, 9.17) is 16.3 Å². The highest BCUT2D eigenvalue weighted by molar-refractivity contribution is 7.89. The van der Waals surface area contributed by atoms with Crippen molar-refractivity contribution >= 4 is 50.5 Å². The number of ether oxygens (including phenoxy) is 1. The van der Waals surface area contributed by atoms with Crippen molar-refractivity contribution in [2.45, 2.75) is 55.6 Å². The number of hydrogen-bond donors (Lipinski definition) is 3. The summed E-state index contributed by atoms with van der Waals surface area (Å²) in [6, 6.07) is 13.6. The summed E-state index contributed by atoms with van der Waals surface area (Å²) in [6.45, 7) is 4.58. The largest absolute Gasteiger partial charge is 0.488 e. The van der Waals surface area contributed by atoms with E-state index in [-0.39, 0.29) is 21.8 Å². The Morgan fingerprint density at radius 1 is 0.953 bits per heavy atom. The fraction of sp³-hybridized carbons (Fsp3) is 0.484. The molecule has 3 heterocycles. The molecule has 0 amide bonds. The number of hydrogen-bond acceptors (Lipinski definition) is 9. The maximum atomic E-state index is 12.5. The van der Waals surface area contributed by atoms with Crippen LogP contribution in [0.15, 0.2) is 53.6 Å². The van der Waals surface area contributed by atoms with Gasteiger partial charge in [0.15, 0.2) is 5.82 Å². The lowest BCUT2D eigenvalue weighted by atomic mass is 9.99. The van der Waals surface area contributed by atoms with Gasteiger partial charge in [-0.15, -0.1) is 0 Å². The minimum atomic E-state index is -3.69. The summed E-state index contributed by atoms with van der Waals surface area (Å²) in [6.07, 6.45) is 9.46. The molecule has 2 aliphatic heterocycles. The molecule has 2 atom stereocenters. The maximum Gasteiger partial charge on any atom is 0.242 e. The van der Waals surface area contributed by atoms with Gasteiger partial charge in [0, 0.05) is 42.7 Å². The molecule has 2 aliphatic carbocycles. The predicted octanol–water partition coefficient (Wildman–Crippen LogP) is 5.38. The average molecular weight is 624 g/mol. The summed E-state index contributed by atoms with van der Waals surface area (Å²) in [4.78, 5) is 14.2. The Labute approximate surface area is 258 Å². The highest BCUT2D eigenvalue weighted by atomic mass is 35.5. The number of benzene rings is 2. The normalized spacial score (nSPS) is 23.9. The first-order chi connectivity index (χ1) is 20.9. The van der Waals surface area contributed by atoms with Crippen LogP contribution in [0, 0.1) is 11.8 Å². The van der Waals surface area contributed by atoms with Crippen molar-refractivity contribution < 1.29 is 13.2 Å². The van der Waals surface area contributed by atoms with E-state index in [9.17, 15) is 8.42 Å². The van der Waals surface area contributed by atoms with E-state index < -0.39 is 10.0 Å². The van der Waals surface area contributed by atoms with Gasteiger partial charge >= 0.3 is 0 Å². The van der Waals surface area contributed by atoms with Crippen LogP contribution in [-0.4, -0.2) is 68.7 Å². The Kier molecular flexibility index (Phi) is 7.83. The molecular formula is C31H38ClN7O3S. The molecule has 3 N–H and O–H groups in total. The Bertz CT molecular complexity index is 1580. The monoisotopic (exact) mass is 623 g/mol. The van der Waals surface area contributed by atoms with Crippen molar-refractivity contribution in [3.63, 3.8) is 0 Å². The van der Waals surface area contributed by atoms with Crippen molar-refractivity contribution in [1.29, 1.82) is 0 Å². The SMILES string of the molecule is CNS(=O)(=O)c1ccccc1Nc1nc(Nc2ccc(N3CCC(N4CCCCC4)CC3)cc2OC2C3CC32)ncc1Cl. The molecule has 2 unspecified atom stereocenters. The third-order valence-corrected chi connectivity index (χ3v) is 11.0. The van der Waals surface area contributed by atoms with Gasteiger partial charge in [-0.3, -0.25) is 0 Å². The van der Waals surface area contributed by atoms with Gasteiger partial charge in [-0.1, -0.05) is 30.2 Å². The molecule has 43 heavy (non-hydrogen) atoms. The summed E-state index contributed by atoms with van der Waals surface area (Å²) in [5.74, 6) is 2.78. The fourth-order valence-corrected chi connectivity index (χ4v) is 7.42. The number of fused-ring (bicyclic) bond motifs is 1. The van der Waals surface area contributed by atoms with Crippen LogP contribution >= 0.6 is 11.6 Å². The van der Waals surface area contributed by atoms with Gasteiger partial charge in [0.1, 0.15) is 21.8 Å². The van der Waals surface area contributed by atoms with E-state index in [0.717, 1.165) is 24.5 Å². The first kappa shape index (κ1) is 28.6. The number of anilines is 5. The second-order valence-corrected chi connectivity index (χ2v) is 14.2. The Hall–Kier alpha value is -3.12. The lowest BCUT2D eigenvalue weighted by Crippen LogP contribution is -2.46. The molecular weight excluding hydrogens is 586 g/mol. The zero-order chi connectivity index (χ0) is 29.6. The van der Waals surface area contributed by atoms with Gasteiger partial charge in [0.2, 0.25) is 16.0 Å². The highest BCUT2D eigenvalue weighted by Gasteiger charge is 2.67. The van der Waals surface area contributed by atoms with Crippen LogP contribution in [0.5, 0.6) is 5.75 Å². The number of nitrogens with zero attached hydrogens (tertiary/aromatic N) is 4. The van der Waals surface area contributed by atoms with E-state index in [0.29, 0.717) is 29.5 Å². The van der Waals surface area contributed by atoms with E-state index in [1.54, 1.807) is 18.2 Å². The number of nitrogens with one attached hydrogen (secondary N) is 3. The fourth-order valence-electron chi connectivity index (χ4n) is 6.40. The van der Waals surface area contributed by atoms with Crippen LogP contribution in [0.25, 0.3) is 0 Å². The minimum absolute atomic E-state index is 0.0934. The molecule has 0 bridgehead atoms. The third-order valence-electron chi connectivity index (χ3n) is 9.25. The summed E-state index contributed by atoms with van der Waals surface area (Å²) < 4.78 is 33.9. The van der Waals surface area contributed by atoms with Crippen LogP contribution in [0.1, 0.15) is 38.5 Å². The Balaban J connectivity index is 1.09. The predicted molar refractivity (Wildman–Crippen MR) is 169 cm³/mol. The van der Waals surface area contributed by atoms with Crippen molar-refractivity contribution in [2.75, 3.05) is 48.8 Å². The highest BCUT2D eigenvalue weighted by Crippen LogP contribution is 2.64. The number of rotatable bonds is 10. The van der Waals surface area contributed by atoms with Gasteiger partial charge in [0.05, 0.1) is 17.6 Å². The van der Waals surface area contributed by atoms with Crippen LogP contribution in [-0.2, 0) is 10.0 Å². The zero-order valence-electron chi connectivity index (χ0n) is 24.3. The molecule has 12 heteroatoms. The molecule has 2 saturated carbocycles. The molecule has 228 valence electrons. The third kappa shape index (κ3) is 6.13. The molecule has 1 aromatic heterocycles.